The maximum absolute atomic E-state index is 14.3. The molecular formula is C35H45N5O5. The lowest BCUT2D eigenvalue weighted by atomic mass is 9.78. The topological polar surface area (TPSA) is 131 Å². The summed E-state index contributed by atoms with van der Waals surface area (Å²) in [4.78, 5) is 41.3. The van der Waals surface area contributed by atoms with Crippen LogP contribution in [0.5, 0.6) is 5.75 Å². The Kier molecular flexibility index (Phi) is 9.66. The van der Waals surface area contributed by atoms with Gasteiger partial charge in [0.05, 0.1) is 12.8 Å². The number of carbonyl (C=O) groups excluding carboxylic acids is 1. The van der Waals surface area contributed by atoms with Gasteiger partial charge < -0.3 is 19.6 Å². The number of carboxylic acid groups (broad SMARTS) is 1. The van der Waals surface area contributed by atoms with E-state index in [1.807, 2.05) is 30.0 Å². The molecule has 0 aromatic carbocycles. The summed E-state index contributed by atoms with van der Waals surface area (Å²) < 4.78 is 11.2. The molecule has 45 heavy (non-hydrogen) atoms. The molecule has 10 nitrogen and oxygen atoms in total. The fourth-order valence-corrected chi connectivity index (χ4v) is 7.17. The number of aromatic nitrogens is 3. The number of pyridine rings is 2. The molecule has 0 bridgehead atoms. The van der Waals surface area contributed by atoms with Crippen LogP contribution in [0, 0.1) is 24.7 Å². The van der Waals surface area contributed by atoms with Gasteiger partial charge in [0.15, 0.2) is 5.89 Å². The first-order chi connectivity index (χ1) is 21.9. The Morgan fingerprint density at radius 1 is 0.978 bits per heavy atom. The van der Waals surface area contributed by atoms with Crippen LogP contribution >= 0.6 is 0 Å². The zero-order valence-corrected chi connectivity index (χ0v) is 26.4. The van der Waals surface area contributed by atoms with E-state index in [4.69, 9.17) is 29.2 Å². The molecule has 0 spiro atoms. The van der Waals surface area contributed by atoms with E-state index < -0.39 is 6.09 Å². The quantitative estimate of drug-likeness (QED) is 0.234. The minimum atomic E-state index is -0.983. The predicted molar refractivity (Wildman–Crippen MR) is 170 cm³/mol. The average Bonchev–Trinajstić information content (AvgIpc) is 3.79. The molecule has 0 aliphatic heterocycles. The van der Waals surface area contributed by atoms with Gasteiger partial charge in [-0.2, -0.15) is 0 Å². The van der Waals surface area contributed by atoms with Crippen molar-refractivity contribution in [3.63, 3.8) is 0 Å². The first-order valence-electron chi connectivity index (χ1n) is 16.6. The van der Waals surface area contributed by atoms with Crippen LogP contribution in [0.2, 0.25) is 0 Å². The fraction of sp³-hybridized carbons (Fsp3) is 0.571. The number of anilines is 1. The van der Waals surface area contributed by atoms with Crippen LogP contribution in [-0.2, 0) is 4.79 Å². The van der Waals surface area contributed by atoms with Crippen molar-refractivity contribution in [1.82, 2.24) is 20.3 Å². The van der Waals surface area contributed by atoms with Gasteiger partial charge in [0, 0.05) is 48.3 Å². The van der Waals surface area contributed by atoms with E-state index in [2.05, 4.69) is 11.4 Å². The number of hydrogen-bond acceptors (Lipinski definition) is 7. The fourth-order valence-electron chi connectivity index (χ4n) is 7.17. The van der Waals surface area contributed by atoms with Gasteiger partial charge in [-0.05, 0) is 114 Å². The summed E-state index contributed by atoms with van der Waals surface area (Å²) in [5.74, 6) is 4.04. The van der Waals surface area contributed by atoms with E-state index in [1.165, 1.54) is 0 Å². The summed E-state index contributed by atoms with van der Waals surface area (Å²) in [6, 6.07) is 8.04. The first-order valence-corrected chi connectivity index (χ1v) is 16.6. The second-order valence-corrected chi connectivity index (χ2v) is 13.2. The third-order valence-electron chi connectivity index (χ3n) is 10.0. The lowest BCUT2D eigenvalue weighted by Gasteiger charge is -2.35. The lowest BCUT2D eigenvalue weighted by Crippen LogP contribution is -2.42. The minimum absolute atomic E-state index is 0.0597. The molecule has 3 aliphatic carbocycles. The van der Waals surface area contributed by atoms with E-state index in [0.717, 1.165) is 105 Å². The van der Waals surface area contributed by atoms with Gasteiger partial charge in [0.2, 0.25) is 5.91 Å². The van der Waals surface area contributed by atoms with Gasteiger partial charge in [0.1, 0.15) is 23.5 Å². The highest BCUT2D eigenvalue weighted by Gasteiger charge is 2.34. The van der Waals surface area contributed by atoms with Crippen molar-refractivity contribution in [3.8, 4) is 17.0 Å². The van der Waals surface area contributed by atoms with Crippen LogP contribution in [0.1, 0.15) is 99.7 Å². The van der Waals surface area contributed by atoms with Crippen LogP contribution in [0.25, 0.3) is 11.3 Å². The molecule has 3 saturated carbocycles. The second kappa shape index (κ2) is 14.0. The number of rotatable bonds is 11. The average molecular weight is 616 g/mol. The highest BCUT2D eigenvalue weighted by atomic mass is 16.5. The minimum Gasteiger partial charge on any atom is -0.495 e. The standard InChI is InChI=1S/C35H45N5O5/c1-22-31(44-2)14-13-29(38-22)25-7-5-24(6-8-25)20-40(34(41)27-9-3-23(4-10-27)15-17-37-35(42)43)32-19-28(16-18-36-32)30-21-45-33(39-30)26-11-12-26/h13-14,16,18-19,21,23-27,37H,3-12,15,17,20H2,1-2H3,(H,42,43). The van der Waals surface area contributed by atoms with Crippen LogP contribution in [0.4, 0.5) is 10.6 Å². The summed E-state index contributed by atoms with van der Waals surface area (Å²) in [5.41, 5.74) is 3.74. The second-order valence-electron chi connectivity index (χ2n) is 13.2. The first kappa shape index (κ1) is 31.0. The molecular weight excluding hydrogens is 570 g/mol. The van der Waals surface area contributed by atoms with Gasteiger partial charge in [0.25, 0.3) is 0 Å². The third-order valence-corrected chi connectivity index (χ3v) is 10.0. The van der Waals surface area contributed by atoms with Crippen molar-refractivity contribution in [1.29, 1.82) is 0 Å². The Morgan fingerprint density at radius 3 is 2.40 bits per heavy atom. The van der Waals surface area contributed by atoms with Crippen LogP contribution < -0.4 is 15.0 Å². The molecule has 3 fully saturated rings. The van der Waals surface area contributed by atoms with Gasteiger partial charge in [-0.3, -0.25) is 14.7 Å². The maximum atomic E-state index is 14.3. The van der Waals surface area contributed by atoms with Crippen molar-refractivity contribution >= 4 is 17.8 Å². The Labute approximate surface area is 265 Å². The number of amides is 2. The third kappa shape index (κ3) is 7.65. The van der Waals surface area contributed by atoms with Gasteiger partial charge >= 0.3 is 6.09 Å². The van der Waals surface area contributed by atoms with E-state index in [1.54, 1.807) is 19.6 Å². The molecule has 6 rings (SSSR count). The molecule has 240 valence electrons. The number of hydrogen-bond donors (Lipinski definition) is 2. The van der Waals surface area contributed by atoms with Crippen molar-refractivity contribution in [2.75, 3.05) is 25.1 Å². The van der Waals surface area contributed by atoms with Crippen LogP contribution in [-0.4, -0.2) is 52.3 Å². The molecule has 3 aromatic heterocycles. The summed E-state index contributed by atoms with van der Waals surface area (Å²) in [5, 5.41) is 11.4. The summed E-state index contributed by atoms with van der Waals surface area (Å²) in [7, 11) is 1.68. The normalized spacial score (nSPS) is 23.3. The molecule has 3 aliphatic rings. The summed E-state index contributed by atoms with van der Waals surface area (Å²) in [6.45, 7) is 3.09. The molecule has 0 radical (unpaired) electrons. The van der Waals surface area contributed by atoms with Gasteiger partial charge in [-0.1, -0.05) is 0 Å². The number of aryl methyl sites for hydroxylation is 1. The lowest BCUT2D eigenvalue weighted by molar-refractivity contribution is -0.123. The predicted octanol–water partition coefficient (Wildman–Crippen LogP) is 7.10. The van der Waals surface area contributed by atoms with E-state index >= 15 is 0 Å². The molecule has 0 saturated heterocycles. The largest absolute Gasteiger partial charge is 0.495 e. The summed E-state index contributed by atoms with van der Waals surface area (Å²) >= 11 is 0. The molecule has 10 heteroatoms. The highest BCUT2D eigenvalue weighted by Crippen LogP contribution is 2.41. The van der Waals surface area contributed by atoms with E-state index in [-0.39, 0.29) is 11.8 Å². The molecule has 0 unspecified atom stereocenters. The Hall–Kier alpha value is -3.95. The van der Waals surface area contributed by atoms with Crippen LogP contribution in [0.15, 0.2) is 41.1 Å². The molecule has 3 heterocycles. The zero-order chi connectivity index (χ0) is 31.3. The SMILES string of the molecule is COc1ccc(C2CCC(CN(C(=O)C3CCC(CCNC(=O)O)CC3)c3cc(-c4coc(C5CC5)n4)ccn3)CC2)nc1C. The van der Waals surface area contributed by atoms with E-state index in [9.17, 15) is 9.59 Å². The molecule has 3 aromatic rings. The van der Waals surface area contributed by atoms with Crippen molar-refractivity contribution in [3.05, 3.63) is 54.0 Å². The zero-order valence-electron chi connectivity index (χ0n) is 26.4. The van der Waals surface area contributed by atoms with E-state index in [0.29, 0.717) is 42.6 Å². The number of nitrogens with zero attached hydrogens (tertiary/aromatic N) is 4. The summed E-state index contributed by atoms with van der Waals surface area (Å²) in [6.07, 6.45) is 13.2. The number of carbonyl (C=O) groups is 2. The monoisotopic (exact) mass is 615 g/mol. The van der Waals surface area contributed by atoms with Crippen LogP contribution in [0.3, 0.4) is 0 Å². The van der Waals surface area contributed by atoms with Crippen molar-refractivity contribution in [2.45, 2.75) is 89.4 Å². The van der Waals surface area contributed by atoms with Gasteiger partial charge in [-0.15, -0.1) is 0 Å². The Balaban J connectivity index is 1.15. The maximum Gasteiger partial charge on any atom is 0.404 e. The van der Waals surface area contributed by atoms with Gasteiger partial charge in [-0.25, -0.2) is 14.8 Å². The number of methoxy groups -OCH3 is 1. The Morgan fingerprint density at radius 2 is 1.71 bits per heavy atom. The molecule has 2 amide bonds. The molecule has 2 N–H and O–H groups in total. The van der Waals surface area contributed by atoms with Crippen molar-refractivity contribution < 1.29 is 23.8 Å². The number of oxazole rings is 1. The van der Waals surface area contributed by atoms with Crippen molar-refractivity contribution in [2.24, 2.45) is 17.8 Å². The highest BCUT2D eigenvalue weighted by molar-refractivity contribution is 5.94. The Bertz CT molecular complexity index is 1470. The number of ether oxygens (including phenoxy) is 1. The molecule has 0 atom stereocenters. The smallest absolute Gasteiger partial charge is 0.404 e. The number of nitrogens with one attached hydrogen (secondary N) is 1.